The molecule has 122 valence electrons. The Kier molecular flexibility index (Phi) is 5.15. The standard InChI is InChI=1S/C17H14BrN3O3/c18-11-5-6-12(14(20)7-11)16(21)15(22)8-13(19)9-1-3-10(4-2-9)17(23)24/h1-8,19,21-22H,20H2,(H,23,24)/b15-8-,19-13?,21-16?. The van der Waals surface area contributed by atoms with Crippen LogP contribution in [0.3, 0.4) is 0 Å². The van der Waals surface area contributed by atoms with Crippen molar-refractivity contribution < 1.29 is 15.0 Å². The zero-order valence-corrected chi connectivity index (χ0v) is 14.0. The first-order chi connectivity index (χ1) is 11.3. The molecular formula is C17H14BrN3O3. The van der Waals surface area contributed by atoms with Gasteiger partial charge >= 0.3 is 5.97 Å². The summed E-state index contributed by atoms with van der Waals surface area (Å²) in [5.41, 5.74) is 6.78. The average Bonchev–Trinajstić information content (AvgIpc) is 2.54. The molecule has 0 saturated carbocycles. The number of aromatic carboxylic acids is 1. The van der Waals surface area contributed by atoms with Crippen molar-refractivity contribution in [2.45, 2.75) is 0 Å². The predicted molar refractivity (Wildman–Crippen MR) is 96.3 cm³/mol. The number of hydrogen-bond donors (Lipinski definition) is 5. The zero-order valence-electron chi connectivity index (χ0n) is 12.4. The number of benzene rings is 2. The number of aliphatic hydroxyl groups is 1. The topological polar surface area (TPSA) is 131 Å². The monoisotopic (exact) mass is 387 g/mol. The number of halogens is 1. The summed E-state index contributed by atoms with van der Waals surface area (Å²) in [6.45, 7) is 0. The van der Waals surface area contributed by atoms with Gasteiger partial charge in [0.2, 0.25) is 0 Å². The number of allylic oxidation sites excluding steroid dienone is 2. The highest BCUT2D eigenvalue weighted by molar-refractivity contribution is 9.10. The third kappa shape index (κ3) is 3.88. The van der Waals surface area contributed by atoms with Gasteiger partial charge in [-0.2, -0.15) is 0 Å². The lowest BCUT2D eigenvalue weighted by atomic mass is 10.0. The fourth-order valence-corrected chi connectivity index (χ4v) is 2.36. The SMILES string of the molecule is N=C(/C=C(\O)C(=N)c1ccc(Br)cc1N)c1ccc(C(=O)O)cc1. The highest BCUT2D eigenvalue weighted by atomic mass is 79.9. The number of aliphatic hydroxyl groups excluding tert-OH is 1. The molecule has 0 aliphatic rings. The van der Waals surface area contributed by atoms with Crippen molar-refractivity contribution in [3.63, 3.8) is 0 Å². The summed E-state index contributed by atoms with van der Waals surface area (Å²) >= 11 is 3.27. The second-order valence-electron chi connectivity index (χ2n) is 4.93. The van der Waals surface area contributed by atoms with Crippen LogP contribution in [0.15, 0.2) is 58.8 Å². The maximum absolute atomic E-state index is 10.8. The van der Waals surface area contributed by atoms with Crippen molar-refractivity contribution >= 4 is 39.0 Å². The van der Waals surface area contributed by atoms with Crippen LogP contribution in [0, 0.1) is 10.8 Å². The fraction of sp³-hybridized carbons (Fsp3) is 0. The molecule has 0 aliphatic heterocycles. The van der Waals surface area contributed by atoms with Gasteiger partial charge in [-0.3, -0.25) is 5.41 Å². The van der Waals surface area contributed by atoms with Crippen molar-refractivity contribution in [2.24, 2.45) is 0 Å². The number of rotatable bonds is 5. The Hall–Kier alpha value is -2.93. The van der Waals surface area contributed by atoms with Gasteiger partial charge in [0.25, 0.3) is 0 Å². The van der Waals surface area contributed by atoms with Crippen LogP contribution in [0.2, 0.25) is 0 Å². The van der Waals surface area contributed by atoms with Gasteiger partial charge in [-0.05, 0) is 35.9 Å². The number of anilines is 1. The molecule has 0 unspecified atom stereocenters. The first-order valence-electron chi connectivity index (χ1n) is 6.77. The molecule has 0 aromatic heterocycles. The number of nitrogens with two attached hydrogens (primary N) is 1. The van der Waals surface area contributed by atoms with Crippen molar-refractivity contribution in [2.75, 3.05) is 5.73 Å². The summed E-state index contributed by atoms with van der Waals surface area (Å²) in [6, 6.07) is 10.6. The molecule has 0 spiro atoms. The summed E-state index contributed by atoms with van der Waals surface area (Å²) in [5, 5.41) is 34.9. The molecule has 24 heavy (non-hydrogen) atoms. The van der Waals surface area contributed by atoms with E-state index in [1.54, 1.807) is 18.2 Å². The highest BCUT2D eigenvalue weighted by Crippen LogP contribution is 2.21. The number of hydrogen-bond acceptors (Lipinski definition) is 5. The van der Waals surface area contributed by atoms with Gasteiger partial charge in [0, 0.05) is 21.8 Å². The van der Waals surface area contributed by atoms with E-state index in [-0.39, 0.29) is 17.0 Å². The van der Waals surface area contributed by atoms with E-state index in [1.807, 2.05) is 0 Å². The van der Waals surface area contributed by atoms with Gasteiger partial charge in [0.05, 0.1) is 11.3 Å². The molecular weight excluding hydrogens is 374 g/mol. The number of nitrogen functional groups attached to an aromatic ring is 1. The molecule has 6 N–H and O–H groups in total. The Morgan fingerprint density at radius 1 is 1.04 bits per heavy atom. The number of carboxylic acid groups (broad SMARTS) is 1. The zero-order chi connectivity index (χ0) is 17.9. The minimum Gasteiger partial charge on any atom is -0.506 e. The lowest BCUT2D eigenvalue weighted by Gasteiger charge is -2.08. The van der Waals surface area contributed by atoms with Crippen LogP contribution in [-0.2, 0) is 0 Å². The van der Waals surface area contributed by atoms with Crippen LogP contribution in [0.25, 0.3) is 0 Å². The van der Waals surface area contributed by atoms with Gasteiger partial charge in [-0.15, -0.1) is 0 Å². The van der Waals surface area contributed by atoms with Gasteiger partial charge in [-0.25, -0.2) is 4.79 Å². The molecule has 0 aliphatic carbocycles. The van der Waals surface area contributed by atoms with E-state index >= 15 is 0 Å². The molecule has 0 atom stereocenters. The molecule has 2 aromatic carbocycles. The molecule has 0 amide bonds. The van der Waals surface area contributed by atoms with Crippen LogP contribution >= 0.6 is 15.9 Å². The van der Waals surface area contributed by atoms with Gasteiger partial charge in [-0.1, -0.05) is 28.1 Å². The van der Waals surface area contributed by atoms with E-state index < -0.39 is 11.7 Å². The summed E-state index contributed by atoms with van der Waals surface area (Å²) in [7, 11) is 0. The van der Waals surface area contributed by atoms with E-state index in [2.05, 4.69) is 15.9 Å². The number of nitrogens with one attached hydrogen (secondary N) is 2. The Labute approximate surface area is 146 Å². The van der Waals surface area contributed by atoms with E-state index in [4.69, 9.17) is 21.7 Å². The maximum Gasteiger partial charge on any atom is 0.335 e. The Bertz CT molecular complexity index is 858. The number of carbonyl (C=O) groups is 1. The quantitative estimate of drug-likeness (QED) is 0.304. The second kappa shape index (κ2) is 7.10. The van der Waals surface area contributed by atoms with Gasteiger partial charge < -0.3 is 21.4 Å². The van der Waals surface area contributed by atoms with E-state index in [9.17, 15) is 9.90 Å². The van der Waals surface area contributed by atoms with E-state index in [0.717, 1.165) is 10.5 Å². The third-order valence-electron chi connectivity index (χ3n) is 3.26. The van der Waals surface area contributed by atoms with Gasteiger partial charge in [0.15, 0.2) is 0 Å². The van der Waals surface area contributed by atoms with Crippen LogP contribution in [0.4, 0.5) is 5.69 Å². The first kappa shape index (κ1) is 17.4. The van der Waals surface area contributed by atoms with Crippen LogP contribution in [-0.4, -0.2) is 27.6 Å². The molecule has 0 saturated heterocycles. The molecule has 2 aromatic rings. The minimum absolute atomic E-state index is 0.0510. The van der Waals surface area contributed by atoms with Gasteiger partial charge in [0.1, 0.15) is 11.5 Å². The normalized spacial score (nSPS) is 11.1. The van der Waals surface area contributed by atoms with Crippen LogP contribution in [0.5, 0.6) is 0 Å². The van der Waals surface area contributed by atoms with Crippen LogP contribution < -0.4 is 5.73 Å². The molecule has 0 bridgehead atoms. The third-order valence-corrected chi connectivity index (χ3v) is 3.76. The summed E-state index contributed by atoms with van der Waals surface area (Å²) in [5.74, 6) is -1.46. The lowest BCUT2D eigenvalue weighted by Crippen LogP contribution is -2.09. The molecule has 0 heterocycles. The fourth-order valence-electron chi connectivity index (χ4n) is 1.98. The first-order valence-corrected chi connectivity index (χ1v) is 7.56. The van der Waals surface area contributed by atoms with E-state index in [1.165, 1.54) is 24.3 Å². The molecule has 7 heteroatoms. The predicted octanol–water partition coefficient (Wildman–Crippen LogP) is 3.61. The Balaban J connectivity index is 2.24. The largest absolute Gasteiger partial charge is 0.506 e. The Morgan fingerprint density at radius 2 is 1.62 bits per heavy atom. The summed E-state index contributed by atoms with van der Waals surface area (Å²) in [6.07, 6.45) is 1.12. The van der Waals surface area contributed by atoms with Crippen LogP contribution in [0.1, 0.15) is 21.5 Å². The second-order valence-corrected chi connectivity index (χ2v) is 5.85. The highest BCUT2D eigenvalue weighted by Gasteiger charge is 2.12. The molecule has 2 rings (SSSR count). The lowest BCUT2D eigenvalue weighted by molar-refractivity contribution is 0.0697. The van der Waals surface area contributed by atoms with E-state index in [0.29, 0.717) is 16.8 Å². The molecule has 6 nitrogen and oxygen atoms in total. The maximum atomic E-state index is 10.8. The smallest absolute Gasteiger partial charge is 0.335 e. The molecule has 0 radical (unpaired) electrons. The minimum atomic E-state index is -1.06. The van der Waals surface area contributed by atoms with Crippen molar-refractivity contribution in [1.29, 1.82) is 10.8 Å². The van der Waals surface area contributed by atoms with Crippen molar-refractivity contribution in [3.8, 4) is 0 Å². The Morgan fingerprint density at radius 3 is 2.17 bits per heavy atom. The van der Waals surface area contributed by atoms with Crippen molar-refractivity contribution in [3.05, 3.63) is 75.5 Å². The average molecular weight is 388 g/mol. The number of carboxylic acids is 1. The van der Waals surface area contributed by atoms with Crippen molar-refractivity contribution in [1.82, 2.24) is 0 Å². The summed E-state index contributed by atoms with van der Waals surface area (Å²) in [4.78, 5) is 10.8. The summed E-state index contributed by atoms with van der Waals surface area (Å²) < 4.78 is 0.756. The molecule has 0 fully saturated rings.